The quantitative estimate of drug-likeness (QED) is 0.345. The average molecular weight is 456 g/mol. The summed E-state index contributed by atoms with van der Waals surface area (Å²) in [6, 6.07) is 17.5. The van der Waals surface area contributed by atoms with Gasteiger partial charge in [0.15, 0.2) is 9.84 Å². The molecular formula is C24H19F3N2O2S. The first-order chi connectivity index (χ1) is 15.1. The molecule has 0 amide bonds. The number of alkyl halides is 3. The molecule has 164 valence electrons. The number of benzene rings is 3. The molecular weight excluding hydrogens is 437 g/mol. The van der Waals surface area contributed by atoms with Gasteiger partial charge in [0.25, 0.3) is 0 Å². The molecule has 4 aromatic rings. The molecule has 0 unspecified atom stereocenters. The lowest BCUT2D eigenvalue weighted by Crippen LogP contribution is -2.07. The molecule has 0 saturated carbocycles. The van der Waals surface area contributed by atoms with Gasteiger partial charge in [-0.25, -0.2) is 13.4 Å². The van der Waals surface area contributed by atoms with Gasteiger partial charge in [0.1, 0.15) is 5.52 Å². The molecule has 0 aliphatic rings. The summed E-state index contributed by atoms with van der Waals surface area (Å²) in [6.45, 7) is 6.00. The molecule has 1 aromatic heterocycles. The van der Waals surface area contributed by atoms with Crippen LogP contribution in [0.3, 0.4) is 0 Å². The number of para-hydroxylation sites is 1. The maximum absolute atomic E-state index is 13.1. The molecule has 0 fully saturated rings. The van der Waals surface area contributed by atoms with E-state index >= 15 is 0 Å². The molecule has 0 bridgehead atoms. The Bertz CT molecular complexity index is 1370. The monoisotopic (exact) mass is 456 g/mol. The fraction of sp³-hybridized carbons (Fsp3) is 0.0833. The third-order valence-electron chi connectivity index (χ3n) is 4.65. The number of halogens is 3. The molecule has 0 aliphatic heterocycles. The van der Waals surface area contributed by atoms with E-state index in [0.717, 1.165) is 23.4 Å². The summed E-state index contributed by atoms with van der Waals surface area (Å²) in [5.41, 5.74) is 1.82. The maximum Gasteiger partial charge on any atom is 0.418 e. The number of nitrogens with zero attached hydrogens (tertiary/aromatic N) is 2. The lowest BCUT2D eigenvalue weighted by molar-refractivity contribution is -0.136. The molecule has 1 heterocycles. The van der Waals surface area contributed by atoms with Gasteiger partial charge in [-0.1, -0.05) is 42.5 Å². The Hall–Kier alpha value is -3.52. The highest BCUT2D eigenvalue weighted by Gasteiger charge is 2.33. The van der Waals surface area contributed by atoms with Crippen LogP contribution in [0.2, 0.25) is 0 Å². The third-order valence-corrected chi connectivity index (χ3v) is 5.76. The van der Waals surface area contributed by atoms with Crippen LogP contribution in [0.15, 0.2) is 91.0 Å². The molecule has 0 radical (unpaired) electrons. The molecule has 0 spiro atoms. The average Bonchev–Trinajstić information content (AvgIpc) is 2.78. The van der Waals surface area contributed by atoms with Crippen molar-refractivity contribution in [1.82, 2.24) is 9.97 Å². The molecule has 0 saturated heterocycles. The molecule has 8 heteroatoms. The Kier molecular flexibility index (Phi) is 6.45. The van der Waals surface area contributed by atoms with Crippen molar-refractivity contribution < 1.29 is 21.6 Å². The van der Waals surface area contributed by atoms with E-state index in [0.29, 0.717) is 11.3 Å². The van der Waals surface area contributed by atoms with Crippen LogP contribution >= 0.6 is 0 Å². The first-order valence-electron chi connectivity index (χ1n) is 9.37. The standard InChI is InChI=1S/C22H15F3N2O2S.C2H4/c1-30(28,29)17-5-2-4-16(12-17)14-8-10-15(11-9-14)20-13-26-21-18(22(23,24)25)6-3-7-19(21)27-20;1-2/h2-13H,1H3;1-2H2. The van der Waals surface area contributed by atoms with Gasteiger partial charge in [0, 0.05) is 11.8 Å². The second-order valence-electron chi connectivity index (χ2n) is 6.80. The second kappa shape index (κ2) is 8.92. The van der Waals surface area contributed by atoms with Crippen LogP contribution in [-0.2, 0) is 16.0 Å². The van der Waals surface area contributed by atoms with Gasteiger partial charge in [-0.05, 0) is 35.4 Å². The van der Waals surface area contributed by atoms with Crippen molar-refractivity contribution in [2.75, 3.05) is 6.26 Å². The fourth-order valence-corrected chi connectivity index (χ4v) is 3.82. The van der Waals surface area contributed by atoms with E-state index in [1.54, 1.807) is 42.5 Å². The van der Waals surface area contributed by atoms with Gasteiger partial charge in [-0.15, -0.1) is 13.2 Å². The zero-order valence-corrected chi connectivity index (χ0v) is 17.9. The van der Waals surface area contributed by atoms with E-state index in [-0.39, 0.29) is 15.9 Å². The molecule has 32 heavy (non-hydrogen) atoms. The molecule has 4 nitrogen and oxygen atoms in total. The number of fused-ring (bicyclic) bond motifs is 1. The molecule has 3 aromatic carbocycles. The van der Waals surface area contributed by atoms with Crippen molar-refractivity contribution in [3.63, 3.8) is 0 Å². The normalized spacial score (nSPS) is 11.6. The Morgan fingerprint density at radius 3 is 2.09 bits per heavy atom. The highest BCUT2D eigenvalue weighted by atomic mass is 32.2. The van der Waals surface area contributed by atoms with Crippen molar-refractivity contribution in [3.8, 4) is 22.4 Å². The number of hydrogen-bond donors (Lipinski definition) is 0. The van der Waals surface area contributed by atoms with E-state index in [4.69, 9.17) is 0 Å². The topological polar surface area (TPSA) is 59.9 Å². The van der Waals surface area contributed by atoms with Crippen LogP contribution in [0, 0.1) is 0 Å². The third kappa shape index (κ3) is 4.86. The summed E-state index contributed by atoms with van der Waals surface area (Å²) in [5.74, 6) is 0. The summed E-state index contributed by atoms with van der Waals surface area (Å²) in [6.07, 6.45) is -2.04. The highest BCUT2D eigenvalue weighted by Crippen LogP contribution is 2.34. The van der Waals surface area contributed by atoms with Crippen molar-refractivity contribution >= 4 is 20.9 Å². The van der Waals surface area contributed by atoms with E-state index in [1.165, 1.54) is 24.4 Å². The zero-order chi connectivity index (χ0) is 23.5. The SMILES string of the molecule is C=C.CS(=O)(=O)c1cccc(-c2ccc(-c3cnc4c(C(F)(F)F)cccc4n3)cc2)c1. The van der Waals surface area contributed by atoms with Gasteiger partial charge < -0.3 is 0 Å². The first-order valence-corrected chi connectivity index (χ1v) is 11.3. The van der Waals surface area contributed by atoms with Crippen molar-refractivity contribution in [2.24, 2.45) is 0 Å². The predicted molar refractivity (Wildman–Crippen MR) is 120 cm³/mol. The van der Waals surface area contributed by atoms with Gasteiger partial charge in [0.2, 0.25) is 0 Å². The fourth-order valence-electron chi connectivity index (χ4n) is 3.15. The predicted octanol–water partition coefficient (Wildman–Crippen LogP) is 6.19. The summed E-state index contributed by atoms with van der Waals surface area (Å²) in [5, 5.41) is 0. The maximum atomic E-state index is 13.1. The first kappa shape index (κ1) is 23.1. The number of sulfone groups is 1. The number of rotatable bonds is 3. The van der Waals surface area contributed by atoms with Crippen LogP contribution in [0.5, 0.6) is 0 Å². The van der Waals surface area contributed by atoms with E-state index in [2.05, 4.69) is 23.1 Å². The summed E-state index contributed by atoms with van der Waals surface area (Å²) in [7, 11) is -3.32. The highest BCUT2D eigenvalue weighted by molar-refractivity contribution is 7.90. The summed E-state index contributed by atoms with van der Waals surface area (Å²) < 4.78 is 63.0. The van der Waals surface area contributed by atoms with Gasteiger partial charge in [0.05, 0.1) is 27.9 Å². The largest absolute Gasteiger partial charge is 0.418 e. The lowest BCUT2D eigenvalue weighted by Gasteiger charge is -2.10. The van der Waals surface area contributed by atoms with Gasteiger partial charge >= 0.3 is 6.18 Å². The molecule has 0 N–H and O–H groups in total. The van der Waals surface area contributed by atoms with Crippen molar-refractivity contribution in [3.05, 3.63) is 91.6 Å². The minimum Gasteiger partial charge on any atom is -0.252 e. The minimum absolute atomic E-state index is 0.159. The Labute approximate surface area is 184 Å². The zero-order valence-electron chi connectivity index (χ0n) is 17.1. The number of aromatic nitrogens is 2. The van der Waals surface area contributed by atoms with Crippen LogP contribution in [0.25, 0.3) is 33.4 Å². The molecule has 0 aliphatic carbocycles. The van der Waals surface area contributed by atoms with Crippen LogP contribution in [0.4, 0.5) is 13.2 Å². The Morgan fingerprint density at radius 1 is 0.844 bits per heavy atom. The van der Waals surface area contributed by atoms with E-state index in [9.17, 15) is 21.6 Å². The minimum atomic E-state index is -4.50. The Morgan fingerprint density at radius 2 is 1.47 bits per heavy atom. The van der Waals surface area contributed by atoms with Crippen LogP contribution in [0.1, 0.15) is 5.56 Å². The summed E-state index contributed by atoms with van der Waals surface area (Å²) >= 11 is 0. The number of hydrogen-bond acceptors (Lipinski definition) is 4. The van der Waals surface area contributed by atoms with Crippen molar-refractivity contribution in [2.45, 2.75) is 11.1 Å². The van der Waals surface area contributed by atoms with E-state index < -0.39 is 21.6 Å². The smallest absolute Gasteiger partial charge is 0.252 e. The molecule has 4 rings (SSSR count). The van der Waals surface area contributed by atoms with Gasteiger partial charge in [-0.2, -0.15) is 13.2 Å². The van der Waals surface area contributed by atoms with Crippen molar-refractivity contribution in [1.29, 1.82) is 0 Å². The Balaban J connectivity index is 0.00000141. The van der Waals surface area contributed by atoms with Crippen LogP contribution < -0.4 is 0 Å². The molecule has 0 atom stereocenters. The van der Waals surface area contributed by atoms with Crippen LogP contribution in [-0.4, -0.2) is 24.6 Å². The second-order valence-corrected chi connectivity index (χ2v) is 8.82. The lowest BCUT2D eigenvalue weighted by atomic mass is 10.0. The van der Waals surface area contributed by atoms with Gasteiger partial charge in [-0.3, -0.25) is 4.98 Å². The summed E-state index contributed by atoms with van der Waals surface area (Å²) in [4.78, 5) is 8.55. The van der Waals surface area contributed by atoms with E-state index in [1.807, 2.05) is 0 Å².